The summed E-state index contributed by atoms with van der Waals surface area (Å²) in [5.74, 6) is 0.849. The van der Waals surface area contributed by atoms with E-state index in [4.69, 9.17) is 14.2 Å². The Balaban J connectivity index is 1.89. The zero-order chi connectivity index (χ0) is 20.8. The second-order valence-electron chi connectivity index (χ2n) is 5.89. The molecule has 0 saturated heterocycles. The Morgan fingerprint density at radius 2 is 1.79 bits per heavy atom. The first kappa shape index (κ1) is 20.1. The van der Waals surface area contributed by atoms with Crippen molar-refractivity contribution in [1.82, 2.24) is 4.98 Å². The summed E-state index contributed by atoms with van der Waals surface area (Å²) in [6.45, 7) is 0. The number of thiazole rings is 1. The molecule has 146 valence electrons. The van der Waals surface area contributed by atoms with Crippen LogP contribution >= 0.6 is 11.3 Å². The number of carbonyl (C=O) groups excluding carboxylic acids is 1. The Morgan fingerprint density at radius 1 is 1.07 bits per heavy atom. The van der Waals surface area contributed by atoms with E-state index in [0.29, 0.717) is 27.6 Å². The Kier molecular flexibility index (Phi) is 6.27. The van der Waals surface area contributed by atoms with Gasteiger partial charge < -0.3 is 14.2 Å². The maximum absolute atomic E-state index is 11.5. The highest BCUT2D eigenvalue weighted by atomic mass is 32.1. The lowest BCUT2D eigenvalue weighted by atomic mass is 10.1. The van der Waals surface area contributed by atoms with Crippen LogP contribution in [-0.4, -0.2) is 32.3 Å². The van der Waals surface area contributed by atoms with Crippen LogP contribution in [0.25, 0.3) is 22.9 Å². The van der Waals surface area contributed by atoms with Gasteiger partial charge in [-0.15, -0.1) is 11.3 Å². The maximum atomic E-state index is 11.5. The number of hydrogen-bond acceptors (Lipinski definition) is 7. The van der Waals surface area contributed by atoms with Gasteiger partial charge in [0.1, 0.15) is 11.1 Å². The van der Waals surface area contributed by atoms with Gasteiger partial charge in [0.05, 0.1) is 38.2 Å². The van der Waals surface area contributed by atoms with Crippen molar-refractivity contribution in [3.63, 3.8) is 0 Å². The van der Waals surface area contributed by atoms with E-state index in [1.165, 1.54) is 18.4 Å². The molecular formula is C22H18N2O4S. The molecule has 2 aromatic carbocycles. The molecule has 0 aliphatic rings. The van der Waals surface area contributed by atoms with Crippen molar-refractivity contribution in [2.45, 2.75) is 0 Å². The van der Waals surface area contributed by atoms with Gasteiger partial charge in [-0.1, -0.05) is 12.1 Å². The van der Waals surface area contributed by atoms with Gasteiger partial charge in [-0.05, 0) is 42.0 Å². The van der Waals surface area contributed by atoms with Crippen LogP contribution in [0.2, 0.25) is 0 Å². The van der Waals surface area contributed by atoms with Crippen LogP contribution in [0.5, 0.6) is 11.5 Å². The summed E-state index contributed by atoms with van der Waals surface area (Å²) in [6.07, 6.45) is 1.73. The van der Waals surface area contributed by atoms with Crippen molar-refractivity contribution >= 4 is 29.0 Å². The fourth-order valence-corrected chi connectivity index (χ4v) is 3.46. The molecule has 6 nitrogen and oxygen atoms in total. The first-order chi connectivity index (χ1) is 14.1. The lowest BCUT2D eigenvalue weighted by Crippen LogP contribution is -2.00. The minimum absolute atomic E-state index is 0.402. The molecule has 29 heavy (non-hydrogen) atoms. The zero-order valence-electron chi connectivity index (χ0n) is 16.1. The first-order valence-corrected chi connectivity index (χ1v) is 9.46. The van der Waals surface area contributed by atoms with Crippen LogP contribution in [0, 0.1) is 11.3 Å². The van der Waals surface area contributed by atoms with Crippen molar-refractivity contribution in [2.24, 2.45) is 0 Å². The predicted octanol–water partition coefficient (Wildman–Crippen LogP) is 4.68. The number of allylic oxidation sites excluding steroid dienone is 1. The third kappa shape index (κ3) is 4.45. The number of nitriles is 1. The molecular weight excluding hydrogens is 388 g/mol. The predicted molar refractivity (Wildman–Crippen MR) is 112 cm³/mol. The van der Waals surface area contributed by atoms with Gasteiger partial charge >= 0.3 is 5.97 Å². The Morgan fingerprint density at radius 3 is 2.41 bits per heavy atom. The SMILES string of the molecule is COC(=O)c1ccc(/C=C(\C#N)c2nc(-c3ccc(OC)c(OC)c3)cs2)cc1. The van der Waals surface area contributed by atoms with E-state index >= 15 is 0 Å². The van der Waals surface area contributed by atoms with Crippen molar-refractivity contribution in [2.75, 3.05) is 21.3 Å². The topological polar surface area (TPSA) is 81.4 Å². The molecule has 0 aliphatic heterocycles. The molecule has 7 heteroatoms. The average molecular weight is 406 g/mol. The summed E-state index contributed by atoms with van der Waals surface area (Å²) < 4.78 is 15.3. The largest absolute Gasteiger partial charge is 0.493 e. The van der Waals surface area contributed by atoms with Crippen molar-refractivity contribution in [3.05, 3.63) is 64.0 Å². The smallest absolute Gasteiger partial charge is 0.337 e. The van der Waals surface area contributed by atoms with E-state index in [9.17, 15) is 10.1 Å². The third-order valence-corrected chi connectivity index (χ3v) is 5.05. The number of aromatic nitrogens is 1. The monoisotopic (exact) mass is 406 g/mol. The quantitative estimate of drug-likeness (QED) is 0.437. The van der Waals surface area contributed by atoms with Gasteiger partial charge in [0.15, 0.2) is 11.5 Å². The summed E-state index contributed by atoms with van der Waals surface area (Å²) in [5.41, 5.74) is 3.29. The zero-order valence-corrected chi connectivity index (χ0v) is 16.9. The van der Waals surface area contributed by atoms with Gasteiger partial charge in [0.25, 0.3) is 0 Å². The fraction of sp³-hybridized carbons (Fsp3) is 0.136. The van der Waals surface area contributed by atoms with E-state index in [0.717, 1.165) is 16.8 Å². The highest BCUT2D eigenvalue weighted by Gasteiger charge is 2.12. The molecule has 0 aliphatic carbocycles. The number of nitrogens with zero attached hydrogens (tertiary/aromatic N) is 2. The van der Waals surface area contributed by atoms with Gasteiger partial charge in [-0.2, -0.15) is 5.26 Å². The highest BCUT2D eigenvalue weighted by molar-refractivity contribution is 7.11. The third-order valence-electron chi connectivity index (χ3n) is 4.18. The maximum Gasteiger partial charge on any atom is 0.337 e. The fourth-order valence-electron chi connectivity index (χ4n) is 2.67. The molecule has 0 unspecified atom stereocenters. The molecule has 1 aromatic heterocycles. The average Bonchev–Trinajstić information content (AvgIpc) is 3.26. The summed E-state index contributed by atoms with van der Waals surface area (Å²) in [4.78, 5) is 16.1. The number of rotatable bonds is 6. The summed E-state index contributed by atoms with van der Waals surface area (Å²) in [6, 6.07) is 14.6. The van der Waals surface area contributed by atoms with Gasteiger partial charge in [-0.25, -0.2) is 9.78 Å². The van der Waals surface area contributed by atoms with Crippen molar-refractivity contribution < 1.29 is 19.0 Å². The van der Waals surface area contributed by atoms with Crippen LogP contribution in [0.3, 0.4) is 0 Å². The molecule has 0 fully saturated rings. The van der Waals surface area contributed by atoms with Gasteiger partial charge in [-0.3, -0.25) is 0 Å². The number of carbonyl (C=O) groups is 1. The first-order valence-electron chi connectivity index (χ1n) is 8.58. The van der Waals surface area contributed by atoms with Crippen LogP contribution in [0.15, 0.2) is 47.8 Å². The van der Waals surface area contributed by atoms with Gasteiger partial charge in [0.2, 0.25) is 0 Å². The Labute approximate surface area is 172 Å². The second kappa shape index (κ2) is 9.04. The standard InChI is InChI=1S/C22H18N2O4S/c1-26-19-9-8-16(11-20(19)27-2)18-13-29-21(24-18)17(12-23)10-14-4-6-15(7-5-14)22(25)28-3/h4-11,13H,1-3H3/b17-10+. The number of hydrogen-bond donors (Lipinski definition) is 0. The molecule has 0 N–H and O–H groups in total. The van der Waals surface area contributed by atoms with Crippen molar-refractivity contribution in [3.8, 4) is 28.8 Å². The van der Waals surface area contributed by atoms with Crippen LogP contribution in [0.4, 0.5) is 0 Å². The minimum atomic E-state index is -0.402. The molecule has 0 bridgehead atoms. The normalized spacial score (nSPS) is 10.9. The molecule has 0 saturated carbocycles. The molecule has 3 aromatic rings. The Bertz CT molecular complexity index is 1090. The lowest BCUT2D eigenvalue weighted by molar-refractivity contribution is 0.0600. The summed E-state index contributed by atoms with van der Waals surface area (Å²) in [7, 11) is 4.50. The lowest BCUT2D eigenvalue weighted by Gasteiger charge is -2.08. The van der Waals surface area contributed by atoms with E-state index in [-0.39, 0.29) is 0 Å². The molecule has 0 radical (unpaired) electrons. The highest BCUT2D eigenvalue weighted by Crippen LogP contribution is 2.33. The van der Waals surface area contributed by atoms with E-state index in [2.05, 4.69) is 11.1 Å². The molecule has 0 atom stereocenters. The van der Waals surface area contributed by atoms with Gasteiger partial charge in [0, 0.05) is 10.9 Å². The van der Waals surface area contributed by atoms with E-state index < -0.39 is 5.97 Å². The molecule has 1 heterocycles. The minimum Gasteiger partial charge on any atom is -0.493 e. The Hall–Kier alpha value is -3.63. The van der Waals surface area contributed by atoms with Crippen LogP contribution in [-0.2, 0) is 4.74 Å². The molecule has 0 spiro atoms. The second-order valence-corrected chi connectivity index (χ2v) is 6.75. The number of methoxy groups -OCH3 is 3. The van der Waals surface area contributed by atoms with Crippen LogP contribution in [0.1, 0.15) is 20.9 Å². The van der Waals surface area contributed by atoms with E-state index in [1.54, 1.807) is 44.6 Å². The van der Waals surface area contributed by atoms with Crippen molar-refractivity contribution in [1.29, 1.82) is 5.26 Å². The molecule has 0 amide bonds. The number of benzene rings is 2. The summed E-state index contributed by atoms with van der Waals surface area (Å²) >= 11 is 1.38. The summed E-state index contributed by atoms with van der Waals surface area (Å²) in [5, 5.41) is 12.1. The number of esters is 1. The number of ether oxygens (including phenoxy) is 3. The molecule has 3 rings (SSSR count). The van der Waals surface area contributed by atoms with Crippen LogP contribution < -0.4 is 9.47 Å². The van der Waals surface area contributed by atoms with E-state index in [1.807, 2.05) is 23.6 Å².